The molecule has 2 aromatic rings. The van der Waals surface area contributed by atoms with Crippen molar-refractivity contribution < 1.29 is 19.1 Å². The van der Waals surface area contributed by atoms with Crippen LogP contribution >= 0.6 is 0 Å². The molecule has 0 unspecified atom stereocenters. The summed E-state index contributed by atoms with van der Waals surface area (Å²) in [6, 6.07) is 8.35. The molecule has 9 heteroatoms. The first-order valence-corrected chi connectivity index (χ1v) is 8.79. The Kier molecular flexibility index (Phi) is 5.61. The molecule has 2 heterocycles. The lowest BCUT2D eigenvalue weighted by molar-refractivity contribution is 0.0901. The van der Waals surface area contributed by atoms with Crippen molar-refractivity contribution in [2.24, 2.45) is 0 Å². The Bertz CT molecular complexity index is 917. The van der Waals surface area contributed by atoms with Gasteiger partial charge in [-0.15, -0.1) is 0 Å². The van der Waals surface area contributed by atoms with Crippen LogP contribution in [0, 0.1) is 11.3 Å². The molecule has 1 aromatic carbocycles. The zero-order chi connectivity index (χ0) is 20.3. The van der Waals surface area contributed by atoms with Gasteiger partial charge in [0.1, 0.15) is 0 Å². The van der Waals surface area contributed by atoms with Crippen molar-refractivity contribution in [1.29, 1.82) is 5.26 Å². The molecule has 3 rings (SSSR count). The van der Waals surface area contributed by atoms with Crippen LogP contribution < -0.4 is 5.32 Å². The van der Waals surface area contributed by atoms with E-state index in [1.54, 1.807) is 24.3 Å². The van der Waals surface area contributed by atoms with Gasteiger partial charge >= 0.3 is 12.0 Å². The fourth-order valence-electron chi connectivity index (χ4n) is 3.35. The van der Waals surface area contributed by atoms with Crippen LogP contribution in [0.4, 0.5) is 4.79 Å². The smallest absolute Gasteiger partial charge is 0.407 e. The summed E-state index contributed by atoms with van der Waals surface area (Å²) in [4.78, 5) is 31.2. The number of carbonyl (C=O) groups is 2. The molecule has 9 nitrogen and oxygen atoms in total. The Labute approximate surface area is 162 Å². The highest BCUT2D eigenvalue weighted by Crippen LogP contribution is 2.22. The second-order valence-corrected chi connectivity index (χ2v) is 6.98. The van der Waals surface area contributed by atoms with E-state index in [2.05, 4.69) is 10.3 Å². The van der Waals surface area contributed by atoms with Gasteiger partial charge in [0.05, 0.1) is 17.8 Å². The van der Waals surface area contributed by atoms with Crippen molar-refractivity contribution in [2.75, 3.05) is 27.2 Å². The minimum absolute atomic E-state index is 0.102. The average molecular weight is 383 g/mol. The van der Waals surface area contributed by atoms with E-state index in [9.17, 15) is 14.7 Å². The van der Waals surface area contributed by atoms with Crippen LogP contribution in [0.5, 0.6) is 0 Å². The van der Waals surface area contributed by atoms with Gasteiger partial charge in [-0.1, -0.05) is 12.1 Å². The summed E-state index contributed by atoms with van der Waals surface area (Å²) in [5.41, 5.74) is 1.13. The Hall–Kier alpha value is -3.38. The molecule has 2 N–H and O–H groups in total. The molecule has 1 aliphatic heterocycles. The number of likely N-dealkylation sites (tertiary alicyclic amines) is 1. The summed E-state index contributed by atoms with van der Waals surface area (Å²) in [6.07, 6.45) is 0.950. The van der Waals surface area contributed by atoms with Gasteiger partial charge in [0.15, 0.2) is 5.76 Å². The van der Waals surface area contributed by atoms with E-state index in [1.807, 2.05) is 25.1 Å². The van der Waals surface area contributed by atoms with Crippen LogP contribution in [-0.2, 0) is 0 Å². The first-order chi connectivity index (χ1) is 13.4. The highest BCUT2D eigenvalue weighted by atomic mass is 16.4. The second kappa shape index (κ2) is 8.10. The normalized spacial score (nSPS) is 18.9. The number of hydrogen-bond acceptors (Lipinski definition) is 6. The van der Waals surface area contributed by atoms with Crippen molar-refractivity contribution >= 4 is 12.0 Å². The third-order valence-corrected chi connectivity index (χ3v) is 4.55. The van der Waals surface area contributed by atoms with Gasteiger partial charge < -0.3 is 24.6 Å². The Morgan fingerprint density at radius 2 is 2.25 bits per heavy atom. The van der Waals surface area contributed by atoms with Gasteiger partial charge in [-0.3, -0.25) is 4.79 Å². The molecule has 2 amide bonds. The topological polar surface area (TPSA) is 123 Å². The highest BCUT2D eigenvalue weighted by molar-refractivity contribution is 5.90. The van der Waals surface area contributed by atoms with Crippen molar-refractivity contribution in [3.63, 3.8) is 0 Å². The van der Waals surface area contributed by atoms with E-state index in [-0.39, 0.29) is 24.5 Å². The molecule has 1 aromatic heterocycles. The zero-order valence-electron chi connectivity index (χ0n) is 15.6. The van der Waals surface area contributed by atoms with Gasteiger partial charge in [0.2, 0.25) is 0 Å². The lowest BCUT2D eigenvalue weighted by Crippen LogP contribution is -2.41. The molecule has 0 radical (unpaired) electrons. The third kappa shape index (κ3) is 4.29. The predicted molar refractivity (Wildman–Crippen MR) is 99.6 cm³/mol. The minimum atomic E-state index is -1.00. The van der Waals surface area contributed by atoms with E-state index in [0.717, 1.165) is 0 Å². The Morgan fingerprint density at radius 3 is 2.93 bits per heavy atom. The maximum Gasteiger partial charge on any atom is 0.407 e. The van der Waals surface area contributed by atoms with Crippen LogP contribution in [0.2, 0.25) is 0 Å². The molecule has 28 heavy (non-hydrogen) atoms. The van der Waals surface area contributed by atoms with E-state index in [1.165, 1.54) is 11.1 Å². The Morgan fingerprint density at radius 1 is 1.46 bits per heavy atom. The van der Waals surface area contributed by atoms with Crippen LogP contribution in [0.15, 0.2) is 34.9 Å². The van der Waals surface area contributed by atoms with Crippen molar-refractivity contribution in [3.05, 3.63) is 41.9 Å². The maximum absolute atomic E-state index is 12.5. The number of oxazole rings is 1. The summed E-state index contributed by atoms with van der Waals surface area (Å²) in [5, 5.41) is 21.2. The quantitative estimate of drug-likeness (QED) is 0.804. The van der Waals surface area contributed by atoms with Gasteiger partial charge in [-0.25, -0.2) is 9.78 Å². The fraction of sp³-hybridized carbons (Fsp3) is 0.368. The van der Waals surface area contributed by atoms with Crippen molar-refractivity contribution in [1.82, 2.24) is 20.1 Å². The number of rotatable bonds is 5. The van der Waals surface area contributed by atoms with E-state index in [4.69, 9.17) is 9.68 Å². The standard InChI is InChI=1S/C19H21N5O4/c1-23(2)11-15-7-14(10-24(15)19(26)27)22-17(25)18-21-9-16(28-18)13-5-3-4-12(6-13)8-20/h3-6,9,14-15H,7,10-11H2,1-2H3,(H,22,25)(H,26,27)/t14-,15+/m1/s1. The molecule has 1 saturated heterocycles. The number of nitrogens with zero attached hydrogens (tertiary/aromatic N) is 4. The number of likely N-dealkylation sites (N-methyl/N-ethyl adjacent to an activating group) is 1. The third-order valence-electron chi connectivity index (χ3n) is 4.55. The molecule has 146 valence electrons. The zero-order valence-corrected chi connectivity index (χ0v) is 15.6. The molecule has 0 aliphatic carbocycles. The maximum atomic E-state index is 12.5. The summed E-state index contributed by atoms with van der Waals surface area (Å²) in [7, 11) is 3.75. The van der Waals surface area contributed by atoms with Crippen LogP contribution in [0.25, 0.3) is 11.3 Å². The summed E-state index contributed by atoms with van der Waals surface area (Å²) in [5.74, 6) is -0.217. The van der Waals surface area contributed by atoms with E-state index < -0.39 is 12.0 Å². The first kappa shape index (κ1) is 19.4. The number of benzene rings is 1. The number of nitrogens with one attached hydrogen (secondary N) is 1. The molecule has 0 spiro atoms. The average Bonchev–Trinajstić information content (AvgIpc) is 3.29. The molecular formula is C19H21N5O4. The van der Waals surface area contributed by atoms with Crippen LogP contribution in [-0.4, -0.2) is 71.2 Å². The molecule has 0 bridgehead atoms. The van der Waals surface area contributed by atoms with Gasteiger partial charge in [0, 0.05) is 30.7 Å². The lowest BCUT2D eigenvalue weighted by Gasteiger charge is -2.23. The van der Waals surface area contributed by atoms with Gasteiger partial charge in [0.25, 0.3) is 5.89 Å². The summed E-state index contributed by atoms with van der Waals surface area (Å²) in [6.45, 7) is 0.800. The number of nitriles is 1. The molecule has 2 atom stereocenters. The summed E-state index contributed by atoms with van der Waals surface area (Å²) < 4.78 is 5.54. The number of hydrogen-bond donors (Lipinski definition) is 2. The lowest BCUT2D eigenvalue weighted by atomic mass is 10.1. The SMILES string of the molecule is CN(C)C[C@@H]1C[C@@H](NC(=O)c2ncc(-c3cccc(C#N)c3)o2)CN1C(=O)O. The van der Waals surface area contributed by atoms with Crippen LogP contribution in [0.1, 0.15) is 22.7 Å². The van der Waals surface area contributed by atoms with Gasteiger partial charge in [-0.2, -0.15) is 5.26 Å². The molecular weight excluding hydrogens is 362 g/mol. The minimum Gasteiger partial charge on any atom is -0.465 e. The molecule has 1 fully saturated rings. The van der Waals surface area contributed by atoms with Crippen LogP contribution in [0.3, 0.4) is 0 Å². The largest absolute Gasteiger partial charge is 0.465 e. The molecule has 0 saturated carbocycles. The number of carboxylic acid groups (broad SMARTS) is 1. The molecule has 1 aliphatic rings. The predicted octanol–water partition coefficient (Wildman–Crippen LogP) is 1.63. The van der Waals surface area contributed by atoms with E-state index in [0.29, 0.717) is 29.9 Å². The number of carbonyl (C=O) groups excluding carboxylic acids is 1. The number of aromatic nitrogens is 1. The van der Waals surface area contributed by atoms with Crippen molar-refractivity contribution in [2.45, 2.75) is 18.5 Å². The fourth-order valence-corrected chi connectivity index (χ4v) is 3.35. The highest BCUT2D eigenvalue weighted by Gasteiger charge is 2.36. The Balaban J connectivity index is 1.68. The number of amides is 2. The van der Waals surface area contributed by atoms with Crippen molar-refractivity contribution in [3.8, 4) is 17.4 Å². The monoisotopic (exact) mass is 383 g/mol. The van der Waals surface area contributed by atoms with E-state index >= 15 is 0 Å². The van der Waals surface area contributed by atoms with Gasteiger partial charge in [-0.05, 0) is 32.6 Å². The summed E-state index contributed by atoms with van der Waals surface area (Å²) >= 11 is 0. The second-order valence-electron chi connectivity index (χ2n) is 6.98. The first-order valence-electron chi connectivity index (χ1n) is 8.79.